The molecule has 0 spiro atoms. The molecule has 134 valence electrons. The average Bonchev–Trinajstić information content (AvgIpc) is 2.96. The van der Waals surface area contributed by atoms with Gasteiger partial charge in [-0.05, 0) is 26.0 Å². The fraction of sp³-hybridized carbons (Fsp3) is 0.471. The second-order valence-electron chi connectivity index (χ2n) is 6.65. The Labute approximate surface area is 144 Å². The third kappa shape index (κ3) is 3.38. The molecule has 2 amide bonds. The molecule has 25 heavy (non-hydrogen) atoms. The summed E-state index contributed by atoms with van der Waals surface area (Å²) in [5, 5.41) is 11.6. The van der Waals surface area contributed by atoms with E-state index >= 15 is 0 Å². The Hall–Kier alpha value is -2.77. The van der Waals surface area contributed by atoms with E-state index in [-0.39, 0.29) is 18.9 Å². The molecule has 3 rings (SSSR count). The summed E-state index contributed by atoms with van der Waals surface area (Å²) in [5.41, 5.74) is -0.757. The van der Waals surface area contributed by atoms with Crippen LogP contribution in [0.25, 0.3) is 0 Å². The zero-order chi connectivity index (χ0) is 18.2. The monoisotopic (exact) mass is 348 g/mol. The Bertz CT molecular complexity index is 730. The fourth-order valence-electron chi connectivity index (χ4n) is 2.80. The molecule has 1 aromatic rings. The van der Waals surface area contributed by atoms with Crippen LogP contribution in [0, 0.1) is 5.92 Å². The number of anilines is 1. The molecule has 1 atom stereocenters. The lowest BCUT2D eigenvalue weighted by Gasteiger charge is -2.24. The van der Waals surface area contributed by atoms with Crippen molar-refractivity contribution in [1.82, 2.24) is 5.32 Å². The van der Waals surface area contributed by atoms with Gasteiger partial charge >= 0.3 is 5.97 Å². The van der Waals surface area contributed by atoms with E-state index in [0.717, 1.165) is 0 Å². The van der Waals surface area contributed by atoms with E-state index in [1.54, 1.807) is 18.2 Å². The quantitative estimate of drug-likeness (QED) is 0.833. The van der Waals surface area contributed by atoms with E-state index in [2.05, 4.69) is 5.32 Å². The molecule has 1 saturated heterocycles. The maximum atomic E-state index is 12.3. The van der Waals surface area contributed by atoms with Crippen molar-refractivity contribution < 1.29 is 29.0 Å². The summed E-state index contributed by atoms with van der Waals surface area (Å²) in [6, 6.07) is 5.19. The topological polar surface area (TPSA) is 105 Å². The molecule has 1 aromatic carbocycles. The number of carbonyl (C=O) groups is 3. The Morgan fingerprint density at radius 2 is 1.92 bits per heavy atom. The highest BCUT2D eigenvalue weighted by Crippen LogP contribution is 2.36. The molecule has 0 aromatic heterocycles. The van der Waals surface area contributed by atoms with Gasteiger partial charge in [-0.15, -0.1) is 0 Å². The normalized spacial score (nSPS) is 19.7. The number of nitrogens with zero attached hydrogens (tertiary/aromatic N) is 1. The van der Waals surface area contributed by atoms with Gasteiger partial charge in [-0.2, -0.15) is 0 Å². The van der Waals surface area contributed by atoms with E-state index in [9.17, 15) is 14.4 Å². The summed E-state index contributed by atoms with van der Waals surface area (Å²) < 4.78 is 11.0. The van der Waals surface area contributed by atoms with Gasteiger partial charge in [0.1, 0.15) is 18.8 Å². The summed E-state index contributed by atoms with van der Waals surface area (Å²) in [6.07, 6.45) is 0.0377. The molecule has 0 radical (unpaired) electrons. The Kier molecular flexibility index (Phi) is 4.28. The van der Waals surface area contributed by atoms with Crippen molar-refractivity contribution in [3.8, 4) is 11.5 Å². The van der Waals surface area contributed by atoms with Gasteiger partial charge in [-0.25, -0.2) is 4.79 Å². The Morgan fingerprint density at radius 3 is 2.60 bits per heavy atom. The molecule has 1 fully saturated rings. The van der Waals surface area contributed by atoms with Crippen molar-refractivity contribution >= 4 is 23.5 Å². The van der Waals surface area contributed by atoms with E-state index in [1.807, 2.05) is 0 Å². The standard InChI is InChI=1S/C17H20N2O6/c1-17(2,16(22)23)18-15(21)10-7-14(20)19(9-10)11-3-4-12-13(8-11)25-6-5-24-12/h3-4,8,10H,5-7,9H2,1-2H3,(H,18,21)(H,22,23). The third-order valence-corrected chi connectivity index (χ3v) is 4.30. The largest absolute Gasteiger partial charge is 0.486 e. The maximum Gasteiger partial charge on any atom is 0.328 e. The molecule has 8 nitrogen and oxygen atoms in total. The van der Waals surface area contributed by atoms with Gasteiger partial charge in [-0.3, -0.25) is 9.59 Å². The van der Waals surface area contributed by atoms with E-state index in [1.165, 1.54) is 18.7 Å². The van der Waals surface area contributed by atoms with Crippen LogP contribution in [0.1, 0.15) is 20.3 Å². The molecule has 0 bridgehead atoms. The minimum absolute atomic E-state index is 0.0377. The van der Waals surface area contributed by atoms with Crippen LogP contribution in [0.15, 0.2) is 18.2 Å². The van der Waals surface area contributed by atoms with Crippen LogP contribution in [0.5, 0.6) is 11.5 Å². The van der Waals surface area contributed by atoms with E-state index < -0.39 is 23.3 Å². The number of nitrogens with one attached hydrogen (secondary N) is 1. The third-order valence-electron chi connectivity index (χ3n) is 4.30. The molecular formula is C17H20N2O6. The number of rotatable bonds is 4. The van der Waals surface area contributed by atoms with Crippen LogP contribution in [-0.4, -0.2) is 48.2 Å². The molecule has 0 aliphatic carbocycles. The van der Waals surface area contributed by atoms with Gasteiger partial charge in [0.2, 0.25) is 11.8 Å². The van der Waals surface area contributed by atoms with Crippen molar-refractivity contribution in [2.45, 2.75) is 25.8 Å². The molecule has 1 unspecified atom stereocenters. The molecule has 0 saturated carbocycles. The van der Waals surface area contributed by atoms with Crippen LogP contribution in [-0.2, 0) is 14.4 Å². The van der Waals surface area contributed by atoms with Gasteiger partial charge in [0.05, 0.1) is 5.92 Å². The van der Waals surface area contributed by atoms with Crippen LogP contribution in [0.4, 0.5) is 5.69 Å². The molecular weight excluding hydrogens is 328 g/mol. The zero-order valence-electron chi connectivity index (χ0n) is 14.1. The summed E-state index contributed by atoms with van der Waals surface area (Å²) in [7, 11) is 0. The number of ether oxygens (including phenoxy) is 2. The number of carboxylic acid groups (broad SMARTS) is 1. The summed E-state index contributed by atoms with van der Waals surface area (Å²) >= 11 is 0. The molecule has 2 N–H and O–H groups in total. The number of fused-ring (bicyclic) bond motifs is 1. The van der Waals surface area contributed by atoms with Crippen molar-refractivity contribution in [3.05, 3.63) is 18.2 Å². The fourth-order valence-corrected chi connectivity index (χ4v) is 2.80. The average molecular weight is 348 g/mol. The first-order chi connectivity index (χ1) is 11.8. The first-order valence-electron chi connectivity index (χ1n) is 8.03. The number of carboxylic acids is 1. The summed E-state index contributed by atoms with van der Waals surface area (Å²) in [5.74, 6) is -1.17. The van der Waals surface area contributed by atoms with Gasteiger partial charge in [0.25, 0.3) is 0 Å². The number of carbonyl (C=O) groups excluding carboxylic acids is 2. The number of hydrogen-bond donors (Lipinski definition) is 2. The van der Waals surface area contributed by atoms with Crippen LogP contribution >= 0.6 is 0 Å². The van der Waals surface area contributed by atoms with Gasteiger partial charge in [0.15, 0.2) is 11.5 Å². The lowest BCUT2D eigenvalue weighted by Crippen LogP contribution is -2.51. The summed E-state index contributed by atoms with van der Waals surface area (Å²) in [4.78, 5) is 37.3. The smallest absolute Gasteiger partial charge is 0.328 e. The van der Waals surface area contributed by atoms with Crippen LogP contribution < -0.4 is 19.7 Å². The first-order valence-corrected chi connectivity index (χ1v) is 8.03. The predicted molar refractivity (Wildman–Crippen MR) is 87.7 cm³/mol. The maximum absolute atomic E-state index is 12.3. The Morgan fingerprint density at radius 1 is 1.24 bits per heavy atom. The van der Waals surface area contributed by atoms with Crippen molar-refractivity contribution in [3.63, 3.8) is 0 Å². The molecule has 2 aliphatic heterocycles. The lowest BCUT2D eigenvalue weighted by molar-refractivity contribution is -0.146. The first kappa shape index (κ1) is 17.1. The Balaban J connectivity index is 1.72. The van der Waals surface area contributed by atoms with Gasteiger partial charge in [0, 0.05) is 24.7 Å². The van der Waals surface area contributed by atoms with Crippen molar-refractivity contribution in [1.29, 1.82) is 0 Å². The molecule has 2 aliphatic rings. The van der Waals surface area contributed by atoms with Gasteiger partial charge < -0.3 is 24.8 Å². The van der Waals surface area contributed by atoms with E-state index in [0.29, 0.717) is 30.4 Å². The second-order valence-corrected chi connectivity index (χ2v) is 6.65. The predicted octanol–water partition coefficient (Wildman–Crippen LogP) is 0.790. The second kappa shape index (κ2) is 6.27. The van der Waals surface area contributed by atoms with Gasteiger partial charge in [-0.1, -0.05) is 0 Å². The SMILES string of the molecule is CC(C)(NC(=O)C1CC(=O)N(c2ccc3c(c2)OCCO3)C1)C(=O)O. The minimum atomic E-state index is -1.38. The van der Waals surface area contributed by atoms with E-state index in [4.69, 9.17) is 14.6 Å². The number of benzene rings is 1. The highest BCUT2D eigenvalue weighted by molar-refractivity contribution is 6.01. The van der Waals surface area contributed by atoms with Crippen molar-refractivity contribution in [2.24, 2.45) is 5.92 Å². The lowest BCUT2D eigenvalue weighted by atomic mass is 10.0. The number of aliphatic carboxylic acids is 1. The van der Waals surface area contributed by atoms with Crippen LogP contribution in [0.3, 0.4) is 0 Å². The van der Waals surface area contributed by atoms with Crippen LogP contribution in [0.2, 0.25) is 0 Å². The number of hydrogen-bond acceptors (Lipinski definition) is 5. The molecule has 8 heteroatoms. The highest BCUT2D eigenvalue weighted by Gasteiger charge is 2.39. The zero-order valence-corrected chi connectivity index (χ0v) is 14.1. The van der Waals surface area contributed by atoms with Crippen molar-refractivity contribution in [2.75, 3.05) is 24.7 Å². The minimum Gasteiger partial charge on any atom is -0.486 e. The number of amides is 2. The summed E-state index contributed by atoms with van der Waals surface area (Å²) in [6.45, 7) is 3.93. The molecule has 2 heterocycles. The highest BCUT2D eigenvalue weighted by atomic mass is 16.6.